The molecule has 1 fully saturated rings. The average Bonchev–Trinajstić information content (AvgIpc) is 3.06. The molecule has 0 amide bonds. The third-order valence-electron chi connectivity index (χ3n) is 6.21. The van der Waals surface area contributed by atoms with Crippen molar-refractivity contribution in [2.45, 2.75) is 58.0 Å². The Morgan fingerprint density at radius 1 is 1.00 bits per heavy atom. The van der Waals surface area contributed by atoms with E-state index in [1.54, 1.807) is 18.2 Å². The number of fused-ring (bicyclic) bond motifs is 1. The second-order valence-electron chi connectivity index (χ2n) is 7.79. The van der Waals surface area contributed by atoms with Crippen LogP contribution in [0.15, 0.2) is 36.4 Å². The normalized spacial score (nSPS) is 23.5. The second-order valence-corrected chi connectivity index (χ2v) is 7.79. The van der Waals surface area contributed by atoms with Crippen LogP contribution in [0, 0.1) is 6.92 Å². The maximum atomic E-state index is 5.39. The van der Waals surface area contributed by atoms with E-state index >= 15 is 0 Å². The zero-order valence-corrected chi connectivity index (χ0v) is 15.7. The van der Waals surface area contributed by atoms with E-state index in [-0.39, 0.29) is 0 Å². The molecule has 2 aliphatic rings. The van der Waals surface area contributed by atoms with Gasteiger partial charge in [-0.15, -0.1) is 0 Å². The quantitative estimate of drug-likeness (QED) is 0.781. The molecule has 0 radical (unpaired) electrons. The number of likely N-dealkylation sites (tertiary alicyclic amines) is 1. The van der Waals surface area contributed by atoms with E-state index in [2.05, 4.69) is 55.1 Å². The van der Waals surface area contributed by atoms with Gasteiger partial charge in [-0.05, 0) is 92.4 Å². The van der Waals surface area contributed by atoms with Crippen LogP contribution < -0.4 is 4.74 Å². The molecule has 2 atom stereocenters. The summed E-state index contributed by atoms with van der Waals surface area (Å²) in [5.74, 6) is 0.962. The summed E-state index contributed by atoms with van der Waals surface area (Å²) in [6, 6.07) is 15.1. The van der Waals surface area contributed by atoms with Crippen molar-refractivity contribution in [3.8, 4) is 16.9 Å². The molecule has 132 valence electrons. The van der Waals surface area contributed by atoms with Crippen LogP contribution in [-0.4, -0.2) is 30.6 Å². The fourth-order valence-corrected chi connectivity index (χ4v) is 4.75. The minimum absolute atomic E-state index is 0.749. The van der Waals surface area contributed by atoms with Gasteiger partial charge in [0.15, 0.2) is 0 Å². The Morgan fingerprint density at radius 3 is 2.52 bits per heavy atom. The van der Waals surface area contributed by atoms with E-state index in [9.17, 15) is 0 Å². The molecule has 2 unspecified atom stereocenters. The summed E-state index contributed by atoms with van der Waals surface area (Å²) in [4.78, 5) is 2.75. The van der Waals surface area contributed by atoms with Crippen LogP contribution in [-0.2, 0) is 12.8 Å². The molecule has 2 heteroatoms. The van der Waals surface area contributed by atoms with E-state index in [1.807, 2.05) is 0 Å². The molecule has 1 aliphatic heterocycles. The minimum atomic E-state index is 0.749. The Labute approximate surface area is 151 Å². The molecule has 25 heavy (non-hydrogen) atoms. The number of ether oxygens (including phenoxy) is 1. The van der Waals surface area contributed by atoms with Crippen LogP contribution in [0.25, 0.3) is 11.1 Å². The van der Waals surface area contributed by atoms with Crippen LogP contribution in [0.4, 0.5) is 0 Å². The Hall–Kier alpha value is -1.80. The molecule has 0 spiro atoms. The topological polar surface area (TPSA) is 12.5 Å². The first-order valence-electron chi connectivity index (χ1n) is 9.68. The summed E-state index contributed by atoms with van der Waals surface area (Å²) in [5, 5.41) is 0. The zero-order chi connectivity index (χ0) is 17.4. The summed E-state index contributed by atoms with van der Waals surface area (Å²) < 4.78 is 5.39. The van der Waals surface area contributed by atoms with Crippen molar-refractivity contribution in [3.63, 3.8) is 0 Å². The smallest absolute Gasteiger partial charge is 0.121 e. The molecule has 0 aromatic heterocycles. The van der Waals surface area contributed by atoms with Crippen LogP contribution in [0.5, 0.6) is 5.75 Å². The van der Waals surface area contributed by atoms with Crippen molar-refractivity contribution in [1.29, 1.82) is 0 Å². The Kier molecular flexibility index (Phi) is 4.56. The third kappa shape index (κ3) is 3.20. The molecule has 1 aliphatic carbocycles. The fraction of sp³-hybridized carbons (Fsp3) is 0.478. The van der Waals surface area contributed by atoms with Crippen molar-refractivity contribution in [3.05, 3.63) is 53.1 Å². The summed E-state index contributed by atoms with van der Waals surface area (Å²) >= 11 is 0. The molecule has 1 saturated heterocycles. The highest BCUT2D eigenvalue weighted by atomic mass is 16.5. The van der Waals surface area contributed by atoms with Gasteiger partial charge < -0.3 is 4.74 Å². The van der Waals surface area contributed by atoms with Gasteiger partial charge >= 0.3 is 0 Å². The van der Waals surface area contributed by atoms with Gasteiger partial charge in [0.05, 0.1) is 7.11 Å². The summed E-state index contributed by atoms with van der Waals surface area (Å²) in [5.41, 5.74) is 6.92. The lowest BCUT2D eigenvalue weighted by Gasteiger charge is -2.35. The largest absolute Gasteiger partial charge is 0.496 e. The number of aryl methyl sites for hydroxylation is 2. The number of methoxy groups -OCH3 is 1. The van der Waals surface area contributed by atoms with Crippen LogP contribution in [0.3, 0.4) is 0 Å². The molecule has 2 nitrogen and oxygen atoms in total. The minimum Gasteiger partial charge on any atom is -0.496 e. The molecule has 0 saturated carbocycles. The van der Waals surface area contributed by atoms with Gasteiger partial charge in [-0.25, -0.2) is 0 Å². The lowest BCUT2D eigenvalue weighted by atomic mass is 9.85. The first kappa shape index (κ1) is 16.7. The molecule has 4 rings (SSSR count). The predicted octanol–water partition coefficient (Wildman–Crippen LogP) is 5.01. The third-order valence-corrected chi connectivity index (χ3v) is 6.21. The molecule has 1 heterocycles. The summed E-state index contributed by atoms with van der Waals surface area (Å²) in [7, 11) is 1.73. The molecule has 2 aromatic rings. The standard InChI is InChI=1S/C23H29NO/c1-16-13-18(9-11-23(16)25-3)19-6-7-21-15-22(10-8-20(21)14-19)24-12-4-5-17(24)2/h6-7,9,11,13-14,17,22H,4-5,8,10,12,15H2,1-3H3. The highest BCUT2D eigenvalue weighted by molar-refractivity contribution is 5.67. The predicted molar refractivity (Wildman–Crippen MR) is 104 cm³/mol. The molecule has 2 aromatic carbocycles. The number of hydrogen-bond acceptors (Lipinski definition) is 2. The van der Waals surface area contributed by atoms with Crippen molar-refractivity contribution in [2.75, 3.05) is 13.7 Å². The Bertz CT molecular complexity index is 767. The zero-order valence-electron chi connectivity index (χ0n) is 15.7. The van der Waals surface area contributed by atoms with E-state index in [0.29, 0.717) is 0 Å². The lowest BCUT2D eigenvalue weighted by Crippen LogP contribution is -2.41. The van der Waals surface area contributed by atoms with Crippen molar-refractivity contribution in [2.24, 2.45) is 0 Å². The van der Waals surface area contributed by atoms with Crippen molar-refractivity contribution >= 4 is 0 Å². The van der Waals surface area contributed by atoms with Crippen LogP contribution in [0.1, 0.15) is 42.9 Å². The molecular formula is C23H29NO. The maximum Gasteiger partial charge on any atom is 0.121 e. The average molecular weight is 335 g/mol. The van der Waals surface area contributed by atoms with Crippen LogP contribution in [0.2, 0.25) is 0 Å². The number of rotatable bonds is 3. The van der Waals surface area contributed by atoms with Crippen molar-refractivity contribution in [1.82, 2.24) is 4.90 Å². The van der Waals surface area contributed by atoms with Gasteiger partial charge in [0, 0.05) is 12.1 Å². The van der Waals surface area contributed by atoms with Crippen molar-refractivity contribution < 1.29 is 4.74 Å². The van der Waals surface area contributed by atoms with Gasteiger partial charge in [0.2, 0.25) is 0 Å². The van der Waals surface area contributed by atoms with E-state index in [0.717, 1.165) is 17.8 Å². The summed E-state index contributed by atoms with van der Waals surface area (Å²) in [6.45, 7) is 5.81. The SMILES string of the molecule is COc1ccc(-c2ccc3c(c2)CCC(N2CCCC2C)C3)cc1C. The highest BCUT2D eigenvalue weighted by Gasteiger charge is 2.30. The fourth-order valence-electron chi connectivity index (χ4n) is 4.75. The van der Waals surface area contributed by atoms with E-state index in [1.165, 1.54) is 55.3 Å². The lowest BCUT2D eigenvalue weighted by molar-refractivity contribution is 0.174. The van der Waals surface area contributed by atoms with Gasteiger partial charge in [-0.2, -0.15) is 0 Å². The van der Waals surface area contributed by atoms with Crippen LogP contribution >= 0.6 is 0 Å². The Morgan fingerprint density at radius 2 is 1.80 bits per heavy atom. The van der Waals surface area contributed by atoms with Gasteiger partial charge in [0.25, 0.3) is 0 Å². The number of nitrogens with zero attached hydrogens (tertiary/aromatic N) is 1. The van der Waals surface area contributed by atoms with E-state index < -0.39 is 0 Å². The molecule has 0 bridgehead atoms. The number of hydrogen-bond donors (Lipinski definition) is 0. The number of benzene rings is 2. The first-order valence-corrected chi connectivity index (χ1v) is 9.68. The highest BCUT2D eigenvalue weighted by Crippen LogP contribution is 2.33. The first-order chi connectivity index (χ1) is 12.2. The molecule has 0 N–H and O–H groups in total. The molecular weight excluding hydrogens is 306 g/mol. The van der Waals surface area contributed by atoms with Gasteiger partial charge in [-0.1, -0.05) is 24.3 Å². The maximum absolute atomic E-state index is 5.39. The van der Waals surface area contributed by atoms with E-state index in [4.69, 9.17) is 4.74 Å². The second kappa shape index (κ2) is 6.84. The van der Waals surface area contributed by atoms with Gasteiger partial charge in [-0.3, -0.25) is 4.90 Å². The summed E-state index contributed by atoms with van der Waals surface area (Å²) in [6.07, 6.45) is 6.50. The Balaban J connectivity index is 1.56. The monoisotopic (exact) mass is 335 g/mol. The van der Waals surface area contributed by atoms with Gasteiger partial charge in [0.1, 0.15) is 5.75 Å².